The van der Waals surface area contributed by atoms with Crippen LogP contribution in [0.15, 0.2) is 76.8 Å². The molecule has 0 bridgehead atoms. The molecule has 3 aromatic heterocycles. The van der Waals surface area contributed by atoms with Crippen LogP contribution in [0.25, 0.3) is 11.4 Å². The number of pyridine rings is 1. The Kier molecular flexibility index (Phi) is 5.39. The average Bonchev–Trinajstić information content (AvgIpc) is 3.39. The molecule has 29 heavy (non-hydrogen) atoms. The third-order valence-corrected chi connectivity index (χ3v) is 5.50. The average molecular weight is 407 g/mol. The predicted octanol–water partition coefficient (Wildman–Crippen LogP) is 4.74. The van der Waals surface area contributed by atoms with Crippen LogP contribution in [0.4, 0.5) is 5.69 Å². The molecule has 146 valence electrons. The van der Waals surface area contributed by atoms with Gasteiger partial charge in [0.1, 0.15) is 5.76 Å². The Hall–Kier alpha value is -3.46. The number of hydrogen-bond donors (Lipinski definition) is 0. The zero-order valence-corrected chi connectivity index (χ0v) is 16.3. The molecule has 8 nitrogen and oxygen atoms in total. The molecule has 0 radical (unpaired) electrons. The van der Waals surface area contributed by atoms with Crippen LogP contribution < -0.4 is 0 Å². The Morgan fingerprint density at radius 3 is 2.83 bits per heavy atom. The normalized spacial score (nSPS) is 12.0. The monoisotopic (exact) mass is 407 g/mol. The fraction of sp³-hybridized carbons (Fsp3) is 0.150. The molecule has 0 aliphatic rings. The number of rotatable bonds is 7. The first-order valence-corrected chi connectivity index (χ1v) is 9.77. The number of furan rings is 1. The maximum absolute atomic E-state index is 11.1. The summed E-state index contributed by atoms with van der Waals surface area (Å²) in [6.07, 6.45) is 5.07. The van der Waals surface area contributed by atoms with Crippen molar-refractivity contribution in [3.63, 3.8) is 0 Å². The first-order chi connectivity index (χ1) is 14.1. The van der Waals surface area contributed by atoms with E-state index >= 15 is 0 Å². The Bertz CT molecular complexity index is 1110. The molecule has 0 amide bonds. The Morgan fingerprint density at radius 2 is 2.10 bits per heavy atom. The van der Waals surface area contributed by atoms with Crippen LogP contribution in [0.2, 0.25) is 0 Å². The molecule has 0 aliphatic carbocycles. The lowest BCUT2D eigenvalue weighted by Gasteiger charge is -2.13. The van der Waals surface area contributed by atoms with E-state index in [1.165, 1.54) is 17.8 Å². The van der Waals surface area contributed by atoms with Crippen molar-refractivity contribution in [3.8, 4) is 11.4 Å². The number of benzene rings is 1. The first-order valence-electron chi connectivity index (χ1n) is 8.89. The second kappa shape index (κ2) is 8.27. The third kappa shape index (κ3) is 4.19. The molecule has 0 N–H and O–H groups in total. The van der Waals surface area contributed by atoms with E-state index in [0.29, 0.717) is 17.5 Å². The summed E-state index contributed by atoms with van der Waals surface area (Å²) in [6, 6.07) is 14.1. The van der Waals surface area contributed by atoms with Gasteiger partial charge in [0.25, 0.3) is 5.69 Å². The minimum Gasteiger partial charge on any atom is -0.467 e. The minimum absolute atomic E-state index is 0.0591. The molecule has 0 spiro atoms. The van der Waals surface area contributed by atoms with E-state index in [1.807, 2.05) is 41.8 Å². The summed E-state index contributed by atoms with van der Waals surface area (Å²) in [5.41, 5.74) is 1.77. The number of nitro benzene ring substituents is 1. The molecule has 3 heterocycles. The lowest BCUT2D eigenvalue weighted by Crippen LogP contribution is -2.04. The SMILES string of the molecule is C[C@H](Sc1nnc(-c2cccnc2)n1Cc1ccco1)c1cccc([N+](=O)[O-])c1. The summed E-state index contributed by atoms with van der Waals surface area (Å²) in [4.78, 5) is 14.9. The number of nitrogens with zero attached hydrogens (tertiary/aromatic N) is 5. The van der Waals surface area contributed by atoms with E-state index in [1.54, 1.807) is 30.8 Å². The van der Waals surface area contributed by atoms with Crippen molar-refractivity contribution in [2.24, 2.45) is 0 Å². The predicted molar refractivity (Wildman–Crippen MR) is 108 cm³/mol. The van der Waals surface area contributed by atoms with Crippen LogP contribution in [0.1, 0.15) is 23.5 Å². The second-order valence-electron chi connectivity index (χ2n) is 6.33. The van der Waals surface area contributed by atoms with Crippen LogP contribution in [0.5, 0.6) is 0 Å². The van der Waals surface area contributed by atoms with Crippen LogP contribution in [0, 0.1) is 10.1 Å². The molecule has 4 rings (SSSR count). The Labute approximate surface area is 170 Å². The topological polar surface area (TPSA) is 99.9 Å². The Morgan fingerprint density at radius 1 is 1.21 bits per heavy atom. The second-order valence-corrected chi connectivity index (χ2v) is 7.63. The van der Waals surface area contributed by atoms with E-state index < -0.39 is 0 Å². The summed E-state index contributed by atoms with van der Waals surface area (Å²) in [6.45, 7) is 2.45. The van der Waals surface area contributed by atoms with Gasteiger partial charge in [0.05, 0.1) is 17.7 Å². The van der Waals surface area contributed by atoms with E-state index in [-0.39, 0.29) is 15.9 Å². The highest BCUT2D eigenvalue weighted by Gasteiger charge is 2.20. The summed E-state index contributed by atoms with van der Waals surface area (Å²) in [5.74, 6) is 1.46. The van der Waals surface area contributed by atoms with Gasteiger partial charge in [-0.15, -0.1) is 10.2 Å². The van der Waals surface area contributed by atoms with Crippen LogP contribution >= 0.6 is 11.8 Å². The summed E-state index contributed by atoms with van der Waals surface area (Å²) < 4.78 is 7.47. The molecular formula is C20H17N5O3S. The highest BCUT2D eigenvalue weighted by molar-refractivity contribution is 7.99. The van der Waals surface area contributed by atoms with Gasteiger partial charge in [0.15, 0.2) is 11.0 Å². The van der Waals surface area contributed by atoms with Gasteiger partial charge in [-0.3, -0.25) is 19.7 Å². The molecule has 0 saturated carbocycles. The van der Waals surface area contributed by atoms with Crippen molar-refractivity contribution in [2.45, 2.75) is 23.9 Å². The molecule has 0 fully saturated rings. The van der Waals surface area contributed by atoms with Crippen molar-refractivity contribution in [1.82, 2.24) is 19.7 Å². The number of thioether (sulfide) groups is 1. The molecule has 0 saturated heterocycles. The van der Waals surface area contributed by atoms with E-state index in [9.17, 15) is 10.1 Å². The molecule has 4 aromatic rings. The van der Waals surface area contributed by atoms with Gasteiger partial charge < -0.3 is 4.42 Å². The van der Waals surface area contributed by atoms with Gasteiger partial charge in [-0.1, -0.05) is 23.9 Å². The van der Waals surface area contributed by atoms with Crippen LogP contribution in [-0.4, -0.2) is 24.7 Å². The number of non-ortho nitro benzene ring substituents is 1. The zero-order chi connectivity index (χ0) is 20.2. The van der Waals surface area contributed by atoms with Crippen molar-refractivity contribution in [3.05, 3.63) is 88.6 Å². The Balaban J connectivity index is 1.67. The van der Waals surface area contributed by atoms with E-state index in [2.05, 4.69) is 15.2 Å². The molecule has 0 aliphatic heterocycles. The fourth-order valence-electron chi connectivity index (χ4n) is 2.90. The number of nitro groups is 1. The summed E-state index contributed by atoms with van der Waals surface area (Å²) in [5, 5.41) is 20.4. The van der Waals surface area contributed by atoms with E-state index in [0.717, 1.165) is 16.9 Å². The van der Waals surface area contributed by atoms with Gasteiger partial charge >= 0.3 is 0 Å². The number of aromatic nitrogens is 4. The summed E-state index contributed by atoms with van der Waals surface area (Å²) >= 11 is 1.49. The van der Waals surface area contributed by atoms with Crippen molar-refractivity contribution >= 4 is 17.4 Å². The highest BCUT2D eigenvalue weighted by atomic mass is 32.2. The van der Waals surface area contributed by atoms with Gasteiger partial charge in [-0.05, 0) is 36.8 Å². The highest BCUT2D eigenvalue weighted by Crippen LogP contribution is 2.36. The largest absolute Gasteiger partial charge is 0.467 e. The van der Waals surface area contributed by atoms with Gasteiger partial charge in [0, 0.05) is 35.3 Å². The molecular weight excluding hydrogens is 390 g/mol. The third-order valence-electron chi connectivity index (χ3n) is 4.36. The quantitative estimate of drug-likeness (QED) is 0.248. The summed E-state index contributed by atoms with van der Waals surface area (Å²) in [7, 11) is 0. The molecule has 0 unspecified atom stereocenters. The van der Waals surface area contributed by atoms with Crippen LogP contribution in [-0.2, 0) is 6.54 Å². The lowest BCUT2D eigenvalue weighted by molar-refractivity contribution is -0.384. The molecule has 1 atom stereocenters. The maximum atomic E-state index is 11.1. The van der Waals surface area contributed by atoms with Crippen molar-refractivity contribution < 1.29 is 9.34 Å². The first kappa shape index (κ1) is 18.9. The van der Waals surface area contributed by atoms with Crippen molar-refractivity contribution in [2.75, 3.05) is 0 Å². The lowest BCUT2D eigenvalue weighted by atomic mass is 10.1. The molecule has 1 aromatic carbocycles. The van der Waals surface area contributed by atoms with Gasteiger partial charge in [-0.25, -0.2) is 0 Å². The zero-order valence-electron chi connectivity index (χ0n) is 15.5. The number of hydrogen-bond acceptors (Lipinski definition) is 7. The maximum Gasteiger partial charge on any atom is 0.269 e. The van der Waals surface area contributed by atoms with Gasteiger partial charge in [0.2, 0.25) is 0 Å². The smallest absolute Gasteiger partial charge is 0.269 e. The minimum atomic E-state index is -0.388. The molecule has 9 heteroatoms. The fourth-order valence-corrected chi connectivity index (χ4v) is 3.87. The van der Waals surface area contributed by atoms with Gasteiger partial charge in [-0.2, -0.15) is 0 Å². The van der Waals surface area contributed by atoms with Crippen LogP contribution in [0.3, 0.4) is 0 Å². The van der Waals surface area contributed by atoms with Crippen molar-refractivity contribution in [1.29, 1.82) is 0 Å². The van der Waals surface area contributed by atoms with E-state index in [4.69, 9.17) is 4.42 Å². The standard InChI is InChI=1S/C20H17N5O3S/c1-14(15-5-2-7-17(11-15)25(26)27)29-20-23-22-19(16-6-3-9-21-12-16)24(20)13-18-8-4-10-28-18/h2-12,14H,13H2,1H3/t14-/m0/s1.